The van der Waals surface area contributed by atoms with Gasteiger partial charge in [0.1, 0.15) is 5.54 Å². The molecule has 7 heteroatoms. The lowest BCUT2D eigenvalue weighted by Gasteiger charge is -2.29. The van der Waals surface area contributed by atoms with E-state index in [4.69, 9.17) is 0 Å². The highest BCUT2D eigenvalue weighted by atomic mass is 79.9. The van der Waals surface area contributed by atoms with Crippen LogP contribution < -0.4 is 10.6 Å². The third-order valence-electron chi connectivity index (χ3n) is 5.65. The van der Waals surface area contributed by atoms with E-state index >= 15 is 0 Å². The number of unbranched alkanes of at least 4 members (excludes halogenated alkanes) is 1. The SMILES string of the molecule is CCCCN1C(=O)[C@H]2[C@@H](C1=O)[C@@]1(N[C@@H]2C)C(=O)Nc2ccc(Br)cc21. The first-order chi connectivity index (χ1) is 11.9. The smallest absolute Gasteiger partial charge is 0.250 e. The Morgan fingerprint density at radius 1 is 1.24 bits per heavy atom. The van der Waals surface area contributed by atoms with Gasteiger partial charge >= 0.3 is 0 Å². The highest BCUT2D eigenvalue weighted by Crippen LogP contribution is 2.53. The normalized spacial score (nSPS) is 33.2. The first kappa shape index (κ1) is 16.7. The third kappa shape index (κ3) is 2.08. The Hall–Kier alpha value is -1.73. The lowest BCUT2D eigenvalue weighted by atomic mass is 9.76. The van der Waals surface area contributed by atoms with E-state index in [1.165, 1.54) is 4.90 Å². The zero-order valence-corrected chi connectivity index (χ0v) is 15.7. The maximum Gasteiger partial charge on any atom is 0.250 e. The molecule has 6 nitrogen and oxygen atoms in total. The number of hydrogen-bond donors (Lipinski definition) is 2. The van der Waals surface area contributed by atoms with Crippen molar-refractivity contribution in [3.63, 3.8) is 0 Å². The number of nitrogens with zero attached hydrogens (tertiary/aromatic N) is 1. The Bertz CT molecular complexity index is 796. The van der Waals surface area contributed by atoms with Crippen molar-refractivity contribution >= 4 is 39.3 Å². The predicted octanol–water partition coefficient (Wildman–Crippen LogP) is 1.99. The van der Waals surface area contributed by atoms with Crippen LogP contribution >= 0.6 is 15.9 Å². The number of likely N-dealkylation sites (tertiary alicyclic amines) is 1. The maximum atomic E-state index is 13.1. The number of nitrogens with one attached hydrogen (secondary N) is 2. The molecule has 0 radical (unpaired) electrons. The van der Waals surface area contributed by atoms with E-state index in [1.54, 1.807) is 0 Å². The summed E-state index contributed by atoms with van der Waals surface area (Å²) in [7, 11) is 0. The molecule has 4 atom stereocenters. The summed E-state index contributed by atoms with van der Waals surface area (Å²) in [6.45, 7) is 4.33. The van der Waals surface area contributed by atoms with E-state index in [2.05, 4.69) is 26.6 Å². The number of carbonyl (C=O) groups excluding carboxylic acids is 3. The molecule has 2 saturated heterocycles. The fourth-order valence-electron chi connectivity index (χ4n) is 4.53. The van der Waals surface area contributed by atoms with Gasteiger partial charge in [0.05, 0.1) is 11.8 Å². The van der Waals surface area contributed by atoms with Crippen molar-refractivity contribution in [1.29, 1.82) is 0 Å². The second kappa shape index (κ2) is 5.64. The van der Waals surface area contributed by atoms with Gasteiger partial charge in [0.2, 0.25) is 17.7 Å². The van der Waals surface area contributed by atoms with Gasteiger partial charge in [0, 0.05) is 28.3 Å². The monoisotopic (exact) mass is 405 g/mol. The molecular formula is C18H20BrN3O3. The number of fused-ring (bicyclic) bond motifs is 4. The minimum absolute atomic E-state index is 0.156. The minimum atomic E-state index is -1.17. The number of imide groups is 1. The Kier molecular flexibility index (Phi) is 3.77. The van der Waals surface area contributed by atoms with Crippen LogP contribution in [0.4, 0.5) is 5.69 Å². The third-order valence-corrected chi connectivity index (χ3v) is 6.14. The first-order valence-corrected chi connectivity index (χ1v) is 9.45. The molecule has 4 rings (SSSR count). The molecule has 25 heavy (non-hydrogen) atoms. The highest BCUT2D eigenvalue weighted by molar-refractivity contribution is 9.10. The van der Waals surface area contributed by atoms with Crippen LogP contribution in [0.1, 0.15) is 32.3 Å². The average Bonchev–Trinajstić information content (AvgIpc) is 3.12. The topological polar surface area (TPSA) is 78.5 Å². The van der Waals surface area contributed by atoms with Crippen molar-refractivity contribution in [2.75, 3.05) is 11.9 Å². The fourth-order valence-corrected chi connectivity index (χ4v) is 4.89. The van der Waals surface area contributed by atoms with E-state index in [0.29, 0.717) is 12.2 Å². The van der Waals surface area contributed by atoms with Gasteiger partial charge in [-0.3, -0.25) is 24.6 Å². The minimum Gasteiger partial charge on any atom is -0.324 e. The van der Waals surface area contributed by atoms with E-state index in [0.717, 1.165) is 22.9 Å². The molecule has 0 unspecified atom stereocenters. The van der Waals surface area contributed by atoms with Gasteiger partial charge < -0.3 is 5.32 Å². The van der Waals surface area contributed by atoms with Gasteiger partial charge in [0.15, 0.2) is 0 Å². The summed E-state index contributed by atoms with van der Waals surface area (Å²) in [4.78, 5) is 40.3. The zero-order valence-electron chi connectivity index (χ0n) is 14.1. The van der Waals surface area contributed by atoms with Crippen LogP contribution in [0, 0.1) is 11.8 Å². The van der Waals surface area contributed by atoms with Crippen LogP contribution in [-0.4, -0.2) is 35.2 Å². The number of rotatable bonds is 3. The van der Waals surface area contributed by atoms with Crippen molar-refractivity contribution in [1.82, 2.24) is 10.2 Å². The van der Waals surface area contributed by atoms with Crippen LogP contribution in [0.5, 0.6) is 0 Å². The predicted molar refractivity (Wildman–Crippen MR) is 95.7 cm³/mol. The fraction of sp³-hybridized carbons (Fsp3) is 0.500. The van der Waals surface area contributed by atoms with Crippen molar-refractivity contribution in [3.8, 4) is 0 Å². The van der Waals surface area contributed by atoms with Crippen LogP contribution in [0.15, 0.2) is 22.7 Å². The molecule has 3 aliphatic heterocycles. The van der Waals surface area contributed by atoms with E-state index in [1.807, 2.05) is 32.0 Å². The molecule has 0 aliphatic carbocycles. The summed E-state index contributed by atoms with van der Waals surface area (Å²) in [6, 6.07) is 5.29. The maximum absolute atomic E-state index is 13.1. The van der Waals surface area contributed by atoms with Gasteiger partial charge in [0.25, 0.3) is 0 Å². The Morgan fingerprint density at radius 3 is 2.72 bits per heavy atom. The molecule has 3 aliphatic rings. The van der Waals surface area contributed by atoms with Crippen LogP contribution in [0.3, 0.4) is 0 Å². The van der Waals surface area contributed by atoms with Crippen molar-refractivity contribution in [2.45, 2.75) is 38.3 Å². The van der Waals surface area contributed by atoms with Crippen molar-refractivity contribution < 1.29 is 14.4 Å². The molecule has 1 aromatic rings. The molecule has 3 amide bonds. The Labute approximate surface area is 154 Å². The number of halogens is 1. The number of benzene rings is 1. The highest BCUT2D eigenvalue weighted by Gasteiger charge is 2.69. The molecule has 1 aromatic carbocycles. The quantitative estimate of drug-likeness (QED) is 0.753. The van der Waals surface area contributed by atoms with Crippen LogP contribution in [-0.2, 0) is 19.9 Å². The molecule has 0 bridgehead atoms. The van der Waals surface area contributed by atoms with Crippen molar-refractivity contribution in [3.05, 3.63) is 28.2 Å². The summed E-state index contributed by atoms with van der Waals surface area (Å²) >= 11 is 3.45. The van der Waals surface area contributed by atoms with E-state index < -0.39 is 17.4 Å². The van der Waals surface area contributed by atoms with Gasteiger partial charge in [-0.05, 0) is 31.5 Å². The Balaban J connectivity index is 1.83. The van der Waals surface area contributed by atoms with Gasteiger partial charge in [-0.25, -0.2) is 0 Å². The molecule has 2 N–H and O–H groups in total. The lowest BCUT2D eigenvalue weighted by molar-refractivity contribution is -0.142. The summed E-state index contributed by atoms with van der Waals surface area (Å²) < 4.78 is 0.833. The number of amides is 3. The second-order valence-electron chi connectivity index (χ2n) is 7.07. The second-order valence-corrected chi connectivity index (χ2v) is 7.99. The molecule has 0 saturated carbocycles. The van der Waals surface area contributed by atoms with Crippen molar-refractivity contribution in [2.24, 2.45) is 11.8 Å². The Morgan fingerprint density at radius 2 is 2.00 bits per heavy atom. The standard InChI is InChI=1S/C18H20BrN3O3/c1-3-4-7-22-15(23)13-9(2)21-18(14(13)16(22)24)11-8-10(19)5-6-12(11)20-17(18)25/h5-6,8-9,13-14,21H,3-4,7H2,1-2H3,(H,20,25)/t9-,13-,14+,18-/m1/s1. The lowest BCUT2D eigenvalue weighted by Crippen LogP contribution is -2.53. The molecule has 1 spiro atoms. The number of carbonyl (C=O) groups is 3. The molecular weight excluding hydrogens is 386 g/mol. The van der Waals surface area contributed by atoms with Gasteiger partial charge in [-0.15, -0.1) is 0 Å². The summed E-state index contributed by atoms with van der Waals surface area (Å²) in [5.74, 6) is -1.83. The largest absolute Gasteiger partial charge is 0.324 e. The van der Waals surface area contributed by atoms with Gasteiger partial charge in [-0.2, -0.15) is 0 Å². The molecule has 132 valence electrons. The number of anilines is 1. The zero-order chi connectivity index (χ0) is 17.9. The molecule has 2 fully saturated rings. The van der Waals surface area contributed by atoms with Crippen LogP contribution in [0.2, 0.25) is 0 Å². The summed E-state index contributed by atoms with van der Waals surface area (Å²) in [5, 5.41) is 6.18. The summed E-state index contributed by atoms with van der Waals surface area (Å²) in [6.07, 6.45) is 1.68. The number of hydrogen-bond acceptors (Lipinski definition) is 4. The average molecular weight is 406 g/mol. The van der Waals surface area contributed by atoms with Crippen LogP contribution in [0.25, 0.3) is 0 Å². The van der Waals surface area contributed by atoms with E-state index in [9.17, 15) is 14.4 Å². The first-order valence-electron chi connectivity index (χ1n) is 8.66. The van der Waals surface area contributed by atoms with E-state index in [-0.39, 0.29) is 23.8 Å². The summed E-state index contributed by atoms with van der Waals surface area (Å²) in [5.41, 5.74) is 0.266. The molecule has 3 heterocycles. The molecule has 0 aromatic heterocycles. The van der Waals surface area contributed by atoms with Gasteiger partial charge in [-0.1, -0.05) is 29.3 Å².